The third kappa shape index (κ3) is 3.15. The molecule has 1 unspecified atom stereocenters. The first-order valence-electron chi connectivity index (χ1n) is 7.04. The fraction of sp³-hybridized carbons (Fsp3) is 0.333. The van der Waals surface area contributed by atoms with Crippen molar-refractivity contribution in [2.24, 2.45) is 0 Å². The molecular formula is C15H16N3O5. The van der Waals surface area contributed by atoms with Crippen LogP contribution in [-0.4, -0.2) is 64.2 Å². The third-order valence-corrected chi connectivity index (χ3v) is 3.64. The number of carbonyl (C=O) groups is 3. The molecule has 3 amide bonds. The van der Waals surface area contributed by atoms with Gasteiger partial charge in [0, 0.05) is 13.1 Å². The summed E-state index contributed by atoms with van der Waals surface area (Å²) < 4.78 is 0. The van der Waals surface area contributed by atoms with Crippen LogP contribution in [0.4, 0.5) is 0 Å². The predicted octanol–water partition coefficient (Wildman–Crippen LogP) is -0.393. The number of amides is 3. The Labute approximate surface area is 132 Å². The number of rotatable bonds is 6. The van der Waals surface area contributed by atoms with Gasteiger partial charge in [-0.3, -0.25) is 19.2 Å². The van der Waals surface area contributed by atoms with E-state index in [9.17, 15) is 24.3 Å². The van der Waals surface area contributed by atoms with Crippen molar-refractivity contribution in [1.82, 2.24) is 14.9 Å². The lowest BCUT2D eigenvalue weighted by Crippen LogP contribution is -2.60. The first-order valence-corrected chi connectivity index (χ1v) is 7.04. The van der Waals surface area contributed by atoms with Crippen molar-refractivity contribution in [2.45, 2.75) is 13.0 Å². The van der Waals surface area contributed by atoms with Crippen molar-refractivity contribution in [3.05, 3.63) is 29.8 Å². The van der Waals surface area contributed by atoms with Crippen LogP contribution in [0.25, 0.3) is 0 Å². The lowest BCUT2D eigenvalue weighted by Gasteiger charge is -2.39. The Morgan fingerprint density at radius 1 is 1.26 bits per heavy atom. The van der Waals surface area contributed by atoms with Crippen LogP contribution in [0.2, 0.25) is 0 Å². The quantitative estimate of drug-likeness (QED) is 0.569. The molecule has 0 aromatic heterocycles. The van der Waals surface area contributed by atoms with Crippen LogP contribution >= 0.6 is 0 Å². The van der Waals surface area contributed by atoms with Gasteiger partial charge in [0.05, 0.1) is 6.54 Å². The highest BCUT2D eigenvalue weighted by atomic mass is 16.3. The fourth-order valence-corrected chi connectivity index (χ4v) is 2.37. The van der Waals surface area contributed by atoms with Gasteiger partial charge in [0.15, 0.2) is 0 Å². The van der Waals surface area contributed by atoms with Crippen LogP contribution in [0.1, 0.15) is 18.5 Å². The molecule has 1 saturated heterocycles. The molecule has 1 fully saturated rings. The average Bonchev–Trinajstić information content (AvgIpc) is 2.57. The Kier molecular flexibility index (Phi) is 4.95. The summed E-state index contributed by atoms with van der Waals surface area (Å²) in [4.78, 5) is 48.2. The highest BCUT2D eigenvalue weighted by molar-refractivity contribution is 6.35. The molecule has 1 heterocycles. The maximum Gasteiger partial charge on any atom is 0.330 e. The minimum atomic E-state index is -1.18. The topological polar surface area (TPSA) is 98.2 Å². The number of hydrogen-bond acceptors (Lipinski definition) is 5. The zero-order valence-electron chi connectivity index (χ0n) is 12.5. The number of hydrogen-bond donors (Lipinski definition) is 1. The molecule has 8 heteroatoms. The lowest BCUT2D eigenvalue weighted by atomic mass is 10.1. The predicted molar refractivity (Wildman–Crippen MR) is 78.4 cm³/mol. The number of nitrogens with zero attached hydrogens (tertiary/aromatic N) is 3. The van der Waals surface area contributed by atoms with E-state index in [0.29, 0.717) is 18.5 Å². The van der Waals surface area contributed by atoms with Gasteiger partial charge in [-0.05, 0) is 24.6 Å². The Balaban J connectivity index is 2.28. The SMILES string of the molecule is CCN1CCN(N(C=O)C([C]=O)c2ccc(O)cc2)C(=O)C1=O. The zero-order chi connectivity index (χ0) is 17.0. The molecule has 1 aliphatic rings. The van der Waals surface area contributed by atoms with Crippen LogP contribution < -0.4 is 0 Å². The molecule has 1 aliphatic heterocycles. The van der Waals surface area contributed by atoms with E-state index in [0.717, 1.165) is 10.0 Å². The standard InChI is InChI=1S/C15H16N3O5/c1-2-16-7-8-17(15(23)14(16)22)18(10-20)13(9-19)11-3-5-12(21)6-4-11/h3-6,10,13,21H,2,7-8H2,1H3. The minimum Gasteiger partial charge on any atom is -0.508 e. The Morgan fingerprint density at radius 2 is 1.91 bits per heavy atom. The van der Waals surface area contributed by atoms with E-state index in [2.05, 4.69) is 0 Å². The first kappa shape index (κ1) is 16.5. The number of piperazine rings is 1. The van der Waals surface area contributed by atoms with E-state index < -0.39 is 17.9 Å². The molecule has 1 aromatic carbocycles. The van der Waals surface area contributed by atoms with Crippen molar-refractivity contribution in [3.63, 3.8) is 0 Å². The molecule has 2 rings (SSSR count). The van der Waals surface area contributed by atoms with Crippen LogP contribution in [-0.2, 0) is 19.2 Å². The van der Waals surface area contributed by atoms with Crippen LogP contribution in [0.3, 0.4) is 0 Å². The average molecular weight is 318 g/mol. The van der Waals surface area contributed by atoms with E-state index in [1.807, 2.05) is 0 Å². The number of carbonyl (C=O) groups excluding carboxylic acids is 4. The molecule has 0 bridgehead atoms. The maximum absolute atomic E-state index is 12.2. The first-order chi connectivity index (χ1) is 11.0. The number of phenols is 1. The van der Waals surface area contributed by atoms with E-state index in [1.165, 1.54) is 29.2 Å². The molecule has 0 spiro atoms. The van der Waals surface area contributed by atoms with Gasteiger partial charge in [-0.25, -0.2) is 10.0 Å². The highest BCUT2D eigenvalue weighted by Crippen LogP contribution is 2.23. The van der Waals surface area contributed by atoms with Gasteiger partial charge in [-0.15, -0.1) is 0 Å². The third-order valence-electron chi connectivity index (χ3n) is 3.64. The molecule has 1 atom stereocenters. The molecule has 0 saturated carbocycles. The summed E-state index contributed by atoms with van der Waals surface area (Å²) in [5.74, 6) is -1.59. The normalized spacial score (nSPS) is 16.2. The van der Waals surface area contributed by atoms with Gasteiger partial charge < -0.3 is 10.0 Å². The van der Waals surface area contributed by atoms with Crippen LogP contribution in [0.5, 0.6) is 5.75 Å². The van der Waals surface area contributed by atoms with Crippen LogP contribution in [0, 0.1) is 0 Å². The largest absolute Gasteiger partial charge is 0.508 e. The van der Waals surface area contributed by atoms with E-state index in [1.54, 1.807) is 13.2 Å². The van der Waals surface area contributed by atoms with Crippen molar-refractivity contribution in [1.29, 1.82) is 0 Å². The summed E-state index contributed by atoms with van der Waals surface area (Å²) in [6.45, 7) is 2.51. The smallest absolute Gasteiger partial charge is 0.330 e. The second-order valence-corrected chi connectivity index (χ2v) is 4.91. The van der Waals surface area contributed by atoms with E-state index in [-0.39, 0.29) is 18.8 Å². The summed E-state index contributed by atoms with van der Waals surface area (Å²) in [7, 11) is 0. The van der Waals surface area contributed by atoms with Crippen LogP contribution in [0.15, 0.2) is 24.3 Å². The van der Waals surface area contributed by atoms with E-state index in [4.69, 9.17) is 0 Å². The molecular weight excluding hydrogens is 302 g/mol. The van der Waals surface area contributed by atoms with Gasteiger partial charge in [-0.1, -0.05) is 12.1 Å². The number of benzene rings is 1. The van der Waals surface area contributed by atoms with Crippen molar-refractivity contribution < 1.29 is 24.3 Å². The zero-order valence-corrected chi connectivity index (χ0v) is 12.5. The molecule has 1 aromatic rings. The number of phenolic OH excluding ortho intramolecular Hbond substituents is 1. The number of likely N-dealkylation sites (N-methyl/N-ethyl adjacent to an activating group) is 1. The Bertz CT molecular complexity index is 616. The van der Waals surface area contributed by atoms with Crippen molar-refractivity contribution in [2.75, 3.05) is 19.6 Å². The highest BCUT2D eigenvalue weighted by Gasteiger charge is 2.37. The minimum absolute atomic E-state index is 0.00105. The summed E-state index contributed by atoms with van der Waals surface area (Å²) in [5.41, 5.74) is 0.364. The van der Waals surface area contributed by atoms with Gasteiger partial charge in [0.2, 0.25) is 12.7 Å². The molecule has 8 nitrogen and oxygen atoms in total. The second kappa shape index (κ2) is 6.91. The number of aromatic hydroxyl groups is 1. The maximum atomic E-state index is 12.2. The summed E-state index contributed by atoms with van der Waals surface area (Å²) >= 11 is 0. The van der Waals surface area contributed by atoms with Crippen molar-refractivity contribution in [3.8, 4) is 5.75 Å². The summed E-state index contributed by atoms with van der Waals surface area (Å²) in [6, 6.07) is 4.40. The van der Waals surface area contributed by atoms with Gasteiger partial charge in [-0.2, -0.15) is 0 Å². The van der Waals surface area contributed by atoms with Gasteiger partial charge in [0.1, 0.15) is 11.8 Å². The molecule has 1 radical (unpaired) electrons. The second-order valence-electron chi connectivity index (χ2n) is 4.91. The molecule has 0 aliphatic carbocycles. The lowest BCUT2D eigenvalue weighted by molar-refractivity contribution is -0.173. The number of hydrazine groups is 1. The fourth-order valence-electron chi connectivity index (χ4n) is 2.37. The monoisotopic (exact) mass is 318 g/mol. The van der Waals surface area contributed by atoms with E-state index >= 15 is 0 Å². The van der Waals surface area contributed by atoms with Gasteiger partial charge in [0.25, 0.3) is 0 Å². The Morgan fingerprint density at radius 3 is 2.43 bits per heavy atom. The molecule has 1 N–H and O–H groups in total. The summed E-state index contributed by atoms with van der Waals surface area (Å²) in [6.07, 6.45) is 2.01. The van der Waals surface area contributed by atoms with Crippen molar-refractivity contribution >= 4 is 24.5 Å². The Hall–Kier alpha value is -2.90. The summed E-state index contributed by atoms with van der Waals surface area (Å²) in [5, 5.41) is 11.1. The molecule has 23 heavy (non-hydrogen) atoms. The molecule has 121 valence electrons. The van der Waals surface area contributed by atoms with Gasteiger partial charge >= 0.3 is 11.8 Å².